The van der Waals surface area contributed by atoms with Crippen LogP contribution in [0.2, 0.25) is 0 Å². The first-order valence-corrected chi connectivity index (χ1v) is 8.76. The number of thiazole rings is 1. The molecule has 0 radical (unpaired) electrons. The van der Waals surface area contributed by atoms with E-state index in [4.69, 9.17) is 0 Å². The Bertz CT molecular complexity index is 866. The molecule has 0 aliphatic rings. The van der Waals surface area contributed by atoms with Crippen LogP contribution in [-0.4, -0.2) is 21.2 Å². The molecule has 5 nitrogen and oxygen atoms in total. The molecule has 0 spiro atoms. The monoisotopic (exact) mass is 337 g/mol. The molecule has 0 unspecified atom stereocenters. The number of nitrogens with one attached hydrogen (secondary N) is 1. The Kier molecular flexibility index (Phi) is 4.72. The van der Waals surface area contributed by atoms with Crippen molar-refractivity contribution in [3.05, 3.63) is 46.2 Å². The second-order valence-electron chi connectivity index (χ2n) is 6.06. The summed E-state index contributed by atoms with van der Waals surface area (Å²) in [5, 5.41) is 12.2. The van der Waals surface area contributed by atoms with Gasteiger partial charge in [-0.05, 0) is 25.0 Å². The van der Waals surface area contributed by atoms with Crippen molar-refractivity contribution in [2.24, 2.45) is 10.9 Å². The topological polar surface area (TPSA) is 77.7 Å². The number of nitriles is 1. The maximum atomic E-state index is 9.43. The van der Waals surface area contributed by atoms with E-state index in [9.17, 15) is 5.26 Å². The fourth-order valence-electron chi connectivity index (χ4n) is 2.52. The van der Waals surface area contributed by atoms with Crippen LogP contribution in [0.4, 0.5) is 0 Å². The predicted molar refractivity (Wildman–Crippen MR) is 97.4 cm³/mol. The van der Waals surface area contributed by atoms with Gasteiger partial charge in [0.1, 0.15) is 22.8 Å². The fraction of sp³-hybridized carbons (Fsp3) is 0.333. The lowest BCUT2D eigenvalue weighted by Gasteiger charge is -2.14. The second-order valence-corrected chi connectivity index (χ2v) is 6.95. The highest BCUT2D eigenvalue weighted by molar-refractivity contribution is 7.09. The largest absolute Gasteiger partial charge is 0.340 e. The van der Waals surface area contributed by atoms with Crippen molar-refractivity contribution in [3.8, 4) is 6.07 Å². The molecule has 1 aromatic carbocycles. The lowest BCUT2D eigenvalue weighted by atomic mass is 10.0. The van der Waals surface area contributed by atoms with Crippen molar-refractivity contribution in [1.82, 2.24) is 15.0 Å². The van der Waals surface area contributed by atoms with Crippen LogP contribution in [0.15, 0.2) is 34.6 Å². The highest BCUT2D eigenvalue weighted by Gasteiger charge is 2.20. The Hall–Kier alpha value is -2.52. The molecule has 0 aliphatic carbocycles. The van der Waals surface area contributed by atoms with Crippen LogP contribution in [0.3, 0.4) is 0 Å². The first kappa shape index (κ1) is 16.3. The Labute approximate surface area is 145 Å². The van der Waals surface area contributed by atoms with E-state index in [0.29, 0.717) is 0 Å². The van der Waals surface area contributed by atoms with Gasteiger partial charge in [0.25, 0.3) is 0 Å². The van der Waals surface area contributed by atoms with Gasteiger partial charge in [-0.25, -0.2) is 9.97 Å². The minimum Gasteiger partial charge on any atom is -0.340 e. The molecule has 0 amide bonds. The van der Waals surface area contributed by atoms with Crippen LogP contribution < -0.4 is 0 Å². The zero-order valence-electron chi connectivity index (χ0n) is 13.9. The SMILES string of the molecule is Cc1csc([C@H](C#N)C=N[C@H](c2nc3ccccc3[nH]2)C(C)C)n1. The van der Waals surface area contributed by atoms with Crippen molar-refractivity contribution in [3.63, 3.8) is 0 Å². The Morgan fingerprint density at radius 2 is 2.08 bits per heavy atom. The Balaban J connectivity index is 1.89. The van der Waals surface area contributed by atoms with Gasteiger partial charge in [-0.15, -0.1) is 11.3 Å². The molecular weight excluding hydrogens is 318 g/mol. The normalized spacial score (nSPS) is 14.3. The van der Waals surface area contributed by atoms with Crippen LogP contribution >= 0.6 is 11.3 Å². The van der Waals surface area contributed by atoms with Crippen molar-refractivity contribution in [2.75, 3.05) is 0 Å². The summed E-state index contributed by atoms with van der Waals surface area (Å²) in [5.41, 5.74) is 2.86. The van der Waals surface area contributed by atoms with Gasteiger partial charge in [-0.1, -0.05) is 26.0 Å². The number of imidazole rings is 1. The van der Waals surface area contributed by atoms with Gasteiger partial charge in [0.15, 0.2) is 0 Å². The number of rotatable bonds is 5. The molecule has 0 aliphatic heterocycles. The van der Waals surface area contributed by atoms with E-state index in [2.05, 4.69) is 39.9 Å². The summed E-state index contributed by atoms with van der Waals surface area (Å²) < 4.78 is 0. The maximum Gasteiger partial charge on any atom is 0.133 e. The number of para-hydroxylation sites is 2. The maximum absolute atomic E-state index is 9.43. The second kappa shape index (κ2) is 6.93. The number of fused-ring (bicyclic) bond motifs is 1. The summed E-state index contributed by atoms with van der Waals surface area (Å²) in [7, 11) is 0. The number of aliphatic imine (C=N–C) groups is 1. The van der Waals surface area contributed by atoms with Crippen molar-refractivity contribution < 1.29 is 0 Å². The summed E-state index contributed by atoms with van der Waals surface area (Å²) in [5.74, 6) is 0.669. The van der Waals surface area contributed by atoms with Gasteiger partial charge in [-0.3, -0.25) is 4.99 Å². The predicted octanol–water partition coefficient (Wildman–Crippen LogP) is 4.40. The third-order valence-electron chi connectivity index (χ3n) is 3.76. The van der Waals surface area contributed by atoms with Gasteiger partial charge < -0.3 is 4.98 Å². The molecule has 3 rings (SSSR count). The molecular formula is C18H19N5S. The Morgan fingerprint density at radius 3 is 2.71 bits per heavy atom. The molecule has 1 N–H and O–H groups in total. The fourth-order valence-corrected chi connectivity index (χ4v) is 3.32. The van der Waals surface area contributed by atoms with Crippen molar-refractivity contribution >= 4 is 28.6 Å². The van der Waals surface area contributed by atoms with E-state index >= 15 is 0 Å². The van der Waals surface area contributed by atoms with Gasteiger partial charge in [-0.2, -0.15) is 5.26 Å². The number of benzene rings is 1. The quantitative estimate of drug-likeness (QED) is 0.701. The summed E-state index contributed by atoms with van der Waals surface area (Å²) >= 11 is 1.49. The first-order chi connectivity index (χ1) is 11.6. The average Bonchev–Trinajstić information content (AvgIpc) is 3.17. The third kappa shape index (κ3) is 3.36. The molecule has 0 saturated carbocycles. The molecule has 2 aromatic heterocycles. The summed E-state index contributed by atoms with van der Waals surface area (Å²) in [6.45, 7) is 6.13. The molecule has 2 atom stereocenters. The minimum absolute atomic E-state index is 0.116. The standard InChI is InChI=1S/C18H19N5S/c1-11(2)16(17-22-14-6-4-5-7-15(14)23-17)20-9-13(8-19)18-21-12(3)10-24-18/h4-7,9-11,13,16H,1-3H3,(H,22,23)/t13-,16+/m1/s1. The van der Waals surface area contributed by atoms with Gasteiger partial charge in [0.05, 0.1) is 17.1 Å². The van der Waals surface area contributed by atoms with Crippen LogP contribution in [0.25, 0.3) is 11.0 Å². The van der Waals surface area contributed by atoms with E-state index < -0.39 is 5.92 Å². The van der Waals surface area contributed by atoms with Crippen molar-refractivity contribution in [2.45, 2.75) is 32.7 Å². The van der Waals surface area contributed by atoms with Gasteiger partial charge >= 0.3 is 0 Å². The van der Waals surface area contributed by atoms with Crippen LogP contribution in [-0.2, 0) is 0 Å². The van der Waals surface area contributed by atoms with Crippen LogP contribution in [0.5, 0.6) is 0 Å². The van der Waals surface area contributed by atoms with E-state index in [1.165, 1.54) is 11.3 Å². The molecule has 0 fully saturated rings. The highest BCUT2D eigenvalue weighted by Crippen LogP contribution is 2.27. The third-order valence-corrected chi connectivity index (χ3v) is 4.80. The number of aryl methyl sites for hydroxylation is 1. The number of aromatic nitrogens is 3. The minimum atomic E-state index is -0.422. The molecule has 3 aromatic rings. The van der Waals surface area contributed by atoms with Crippen LogP contribution in [0, 0.1) is 24.2 Å². The first-order valence-electron chi connectivity index (χ1n) is 7.88. The van der Waals surface area contributed by atoms with E-state index in [1.54, 1.807) is 6.21 Å². The van der Waals surface area contributed by atoms with Gasteiger partial charge in [0.2, 0.25) is 0 Å². The molecule has 122 valence electrons. The molecule has 6 heteroatoms. The van der Waals surface area contributed by atoms with Crippen LogP contribution in [0.1, 0.15) is 42.3 Å². The average molecular weight is 337 g/mol. The van der Waals surface area contributed by atoms with Gasteiger partial charge in [0, 0.05) is 17.3 Å². The van der Waals surface area contributed by atoms with E-state index in [1.807, 2.05) is 36.6 Å². The number of hydrogen-bond donors (Lipinski definition) is 1. The zero-order valence-corrected chi connectivity index (χ0v) is 14.7. The smallest absolute Gasteiger partial charge is 0.133 e. The van der Waals surface area contributed by atoms with E-state index in [0.717, 1.165) is 27.6 Å². The summed E-state index contributed by atoms with van der Waals surface area (Å²) in [6, 6.07) is 10.1. The molecule has 2 heterocycles. The molecule has 24 heavy (non-hydrogen) atoms. The van der Waals surface area contributed by atoms with Crippen molar-refractivity contribution in [1.29, 1.82) is 5.26 Å². The Morgan fingerprint density at radius 1 is 1.29 bits per heavy atom. The molecule has 0 bridgehead atoms. The summed E-state index contributed by atoms with van der Waals surface area (Å²) in [4.78, 5) is 17.1. The lowest BCUT2D eigenvalue weighted by molar-refractivity contribution is 0.498. The lowest BCUT2D eigenvalue weighted by Crippen LogP contribution is -2.08. The number of hydrogen-bond acceptors (Lipinski definition) is 5. The summed E-state index contributed by atoms with van der Waals surface area (Å²) in [6.07, 6.45) is 1.70. The highest BCUT2D eigenvalue weighted by atomic mass is 32.1. The molecule has 0 saturated heterocycles. The zero-order chi connectivity index (χ0) is 17.1. The number of aromatic amines is 1. The number of nitrogens with zero attached hydrogens (tertiary/aromatic N) is 4. The van der Waals surface area contributed by atoms with E-state index in [-0.39, 0.29) is 12.0 Å². The number of H-pyrrole nitrogens is 1.